The van der Waals surface area contributed by atoms with Crippen LogP contribution in [0.1, 0.15) is 27.1 Å². The number of nitrogens with zero attached hydrogens (tertiary/aromatic N) is 1. The quantitative estimate of drug-likeness (QED) is 0.265. The molecule has 3 fully saturated rings. The number of esters is 1. The van der Waals surface area contributed by atoms with Gasteiger partial charge in [-0.3, -0.25) is 14.4 Å². The molecule has 6 atom stereocenters. The van der Waals surface area contributed by atoms with Gasteiger partial charge in [0.05, 0.1) is 23.1 Å². The number of imide groups is 1. The number of carbonyl (C=O) groups is 4. The fourth-order valence-electron chi connectivity index (χ4n) is 5.96. The SMILES string of the molecule is O=C(COC(=O)c1ccccc1N1C(=O)[C@@H]2[C@H]3C=C[C@@H]([C@@H]4C[C@@H]34)[C@H]2C1=O)c1ccc(Br)cc1. The number of rotatable bonds is 5. The third kappa shape index (κ3) is 3.13. The third-order valence-electron chi connectivity index (χ3n) is 7.53. The lowest BCUT2D eigenvalue weighted by molar-refractivity contribution is -0.124. The molecule has 7 rings (SSSR count). The smallest absolute Gasteiger partial charge is 0.340 e. The maximum Gasteiger partial charge on any atom is 0.340 e. The minimum atomic E-state index is -0.740. The summed E-state index contributed by atoms with van der Waals surface area (Å²) < 4.78 is 6.12. The van der Waals surface area contributed by atoms with Gasteiger partial charge in [-0.1, -0.05) is 52.3 Å². The maximum atomic E-state index is 13.4. The van der Waals surface area contributed by atoms with Gasteiger partial charge in [0.2, 0.25) is 11.8 Å². The van der Waals surface area contributed by atoms with Crippen molar-refractivity contribution in [2.24, 2.45) is 35.5 Å². The lowest BCUT2D eigenvalue weighted by atomic mass is 9.63. The van der Waals surface area contributed by atoms with E-state index < -0.39 is 12.6 Å². The Hall–Kier alpha value is -3.06. The van der Waals surface area contributed by atoms with Crippen molar-refractivity contribution < 1.29 is 23.9 Å². The lowest BCUT2D eigenvalue weighted by Crippen LogP contribution is -2.40. The first-order valence-electron chi connectivity index (χ1n) is 11.1. The van der Waals surface area contributed by atoms with Gasteiger partial charge in [0.15, 0.2) is 12.4 Å². The van der Waals surface area contributed by atoms with Crippen molar-refractivity contribution in [3.05, 3.63) is 76.3 Å². The van der Waals surface area contributed by atoms with Gasteiger partial charge in [-0.25, -0.2) is 9.69 Å². The van der Waals surface area contributed by atoms with Gasteiger partial charge in [0, 0.05) is 10.0 Å². The van der Waals surface area contributed by atoms with Crippen molar-refractivity contribution in [3.63, 3.8) is 0 Å². The molecule has 2 amide bonds. The normalized spacial score (nSPS) is 30.8. The highest BCUT2D eigenvalue weighted by atomic mass is 79.9. The second-order valence-corrected chi connectivity index (χ2v) is 10.1. The molecule has 0 radical (unpaired) electrons. The summed E-state index contributed by atoms with van der Waals surface area (Å²) in [6.07, 6.45) is 5.32. The number of hydrogen-bond acceptors (Lipinski definition) is 5. The van der Waals surface area contributed by atoms with Gasteiger partial charge >= 0.3 is 5.97 Å². The Kier molecular flexibility index (Phi) is 4.66. The molecule has 1 aliphatic heterocycles. The van der Waals surface area contributed by atoms with E-state index in [0.29, 0.717) is 17.4 Å². The molecule has 2 bridgehead atoms. The summed E-state index contributed by atoms with van der Waals surface area (Å²) in [6.45, 7) is -0.431. The topological polar surface area (TPSA) is 80.8 Å². The zero-order valence-corrected chi connectivity index (χ0v) is 19.1. The zero-order valence-electron chi connectivity index (χ0n) is 17.5. The number of ether oxygens (including phenoxy) is 1. The molecule has 1 saturated heterocycles. The Morgan fingerprint density at radius 3 is 2.15 bits per heavy atom. The first-order chi connectivity index (χ1) is 16.0. The average molecular weight is 506 g/mol. The Labute approximate surface area is 198 Å². The first-order valence-corrected chi connectivity index (χ1v) is 11.9. The van der Waals surface area contributed by atoms with Crippen LogP contribution in [0.25, 0.3) is 0 Å². The van der Waals surface area contributed by atoms with Crippen LogP contribution in [0, 0.1) is 35.5 Å². The number of anilines is 1. The molecule has 2 aromatic carbocycles. The molecule has 7 heteroatoms. The van der Waals surface area contributed by atoms with Crippen LogP contribution in [0.4, 0.5) is 5.69 Å². The van der Waals surface area contributed by atoms with Gasteiger partial charge in [-0.2, -0.15) is 0 Å². The summed E-state index contributed by atoms with van der Waals surface area (Å²) in [6, 6.07) is 13.2. The molecular weight excluding hydrogens is 486 g/mol. The Bertz CT molecular complexity index is 1200. The van der Waals surface area contributed by atoms with Crippen molar-refractivity contribution in [1.82, 2.24) is 0 Å². The molecule has 0 N–H and O–H groups in total. The van der Waals surface area contributed by atoms with E-state index in [9.17, 15) is 19.2 Å². The molecule has 6 nitrogen and oxygen atoms in total. The molecule has 0 aromatic heterocycles. The molecule has 2 saturated carbocycles. The number of amides is 2. The molecule has 33 heavy (non-hydrogen) atoms. The van der Waals surface area contributed by atoms with Crippen molar-refractivity contribution >= 4 is 45.2 Å². The minimum absolute atomic E-state index is 0.104. The monoisotopic (exact) mass is 505 g/mol. The van der Waals surface area contributed by atoms with E-state index in [4.69, 9.17) is 4.74 Å². The summed E-state index contributed by atoms with van der Waals surface area (Å²) in [4.78, 5) is 53.3. The van der Waals surface area contributed by atoms with Gasteiger partial charge < -0.3 is 4.74 Å². The molecule has 0 unspecified atom stereocenters. The number of allylic oxidation sites excluding steroid dienone is 2. The second kappa shape index (κ2) is 7.48. The predicted molar refractivity (Wildman–Crippen MR) is 122 cm³/mol. The van der Waals surface area contributed by atoms with Gasteiger partial charge in [-0.05, 0) is 54.4 Å². The Balaban J connectivity index is 1.24. The largest absolute Gasteiger partial charge is 0.454 e. The van der Waals surface area contributed by atoms with E-state index >= 15 is 0 Å². The number of halogens is 1. The highest BCUT2D eigenvalue weighted by Gasteiger charge is 2.67. The molecule has 0 spiro atoms. The highest BCUT2D eigenvalue weighted by molar-refractivity contribution is 9.10. The van der Waals surface area contributed by atoms with E-state index in [1.165, 1.54) is 11.0 Å². The van der Waals surface area contributed by atoms with Crippen LogP contribution in [0.2, 0.25) is 0 Å². The standard InChI is InChI=1S/C26H20BrNO5/c27-14-7-5-13(6-8-14)21(29)12-33-26(32)17-3-1-2-4-20(17)28-24(30)22-15-9-10-16(19-11-18(15)19)23(22)25(28)31/h1-10,15-16,18-19,22-23H,11-12H2/t15-,16-,18-,19-,22+,23+/m0/s1. The number of ketones is 1. The Morgan fingerprint density at radius 1 is 0.909 bits per heavy atom. The summed E-state index contributed by atoms with van der Waals surface area (Å²) in [7, 11) is 0. The molecule has 1 heterocycles. The van der Waals surface area contributed by atoms with Crippen LogP contribution in [-0.4, -0.2) is 30.2 Å². The Morgan fingerprint density at radius 2 is 1.52 bits per heavy atom. The summed E-state index contributed by atoms with van der Waals surface area (Å²) in [5.74, 6) is -1.03. The number of carbonyl (C=O) groups excluding carboxylic acids is 4. The number of para-hydroxylation sites is 1. The number of Topliss-reactive ketones (excluding diaryl/α,β-unsaturated/α-hetero) is 1. The fourth-order valence-corrected chi connectivity index (χ4v) is 6.23. The van der Waals surface area contributed by atoms with Crippen LogP contribution >= 0.6 is 15.9 Å². The first kappa shape index (κ1) is 20.5. The van der Waals surface area contributed by atoms with Crippen LogP contribution in [0.15, 0.2) is 65.2 Å². The summed E-state index contributed by atoms with van der Waals surface area (Å²) in [5.41, 5.74) is 0.762. The van der Waals surface area contributed by atoms with Gasteiger partial charge in [-0.15, -0.1) is 0 Å². The van der Waals surface area contributed by atoms with Gasteiger partial charge in [0.1, 0.15) is 0 Å². The molecule has 4 aliphatic carbocycles. The summed E-state index contributed by atoms with van der Waals surface area (Å²) >= 11 is 3.32. The zero-order chi connectivity index (χ0) is 22.9. The molecular formula is C26H20BrNO5. The third-order valence-corrected chi connectivity index (χ3v) is 8.06. The molecule has 166 valence electrons. The maximum absolute atomic E-state index is 13.4. The van der Waals surface area contributed by atoms with Crippen LogP contribution in [0.5, 0.6) is 0 Å². The van der Waals surface area contributed by atoms with Crippen LogP contribution < -0.4 is 4.90 Å². The van der Waals surface area contributed by atoms with Crippen molar-refractivity contribution in [3.8, 4) is 0 Å². The van der Waals surface area contributed by atoms with E-state index in [1.807, 2.05) is 0 Å². The van der Waals surface area contributed by atoms with E-state index in [-0.39, 0.29) is 52.5 Å². The summed E-state index contributed by atoms with van der Waals surface area (Å²) in [5, 5.41) is 0. The van der Waals surface area contributed by atoms with Crippen molar-refractivity contribution in [2.75, 3.05) is 11.5 Å². The van der Waals surface area contributed by atoms with Crippen LogP contribution in [-0.2, 0) is 14.3 Å². The van der Waals surface area contributed by atoms with E-state index in [1.54, 1.807) is 42.5 Å². The minimum Gasteiger partial charge on any atom is -0.454 e. The van der Waals surface area contributed by atoms with Gasteiger partial charge in [0.25, 0.3) is 0 Å². The fraction of sp³-hybridized carbons (Fsp3) is 0.308. The average Bonchev–Trinajstić information content (AvgIpc) is 3.61. The molecule has 2 aromatic rings. The molecule has 5 aliphatic rings. The highest BCUT2D eigenvalue weighted by Crippen LogP contribution is 2.65. The lowest BCUT2D eigenvalue weighted by Gasteiger charge is -2.37. The van der Waals surface area contributed by atoms with Crippen molar-refractivity contribution in [2.45, 2.75) is 6.42 Å². The number of benzene rings is 2. The van der Waals surface area contributed by atoms with Crippen LogP contribution in [0.3, 0.4) is 0 Å². The van der Waals surface area contributed by atoms with E-state index in [2.05, 4.69) is 28.1 Å². The predicted octanol–water partition coefficient (Wildman–Crippen LogP) is 4.05. The second-order valence-electron chi connectivity index (χ2n) is 9.19. The van der Waals surface area contributed by atoms with E-state index in [0.717, 1.165) is 10.9 Å². The van der Waals surface area contributed by atoms with Crippen molar-refractivity contribution in [1.29, 1.82) is 0 Å². The number of hydrogen-bond donors (Lipinski definition) is 0.